The molecule has 0 aliphatic carbocycles. The molecule has 0 saturated carbocycles. The van der Waals surface area contributed by atoms with E-state index in [2.05, 4.69) is 20.6 Å². The van der Waals surface area contributed by atoms with Crippen LogP contribution < -0.4 is 15.4 Å². The second kappa shape index (κ2) is 9.24. The lowest BCUT2D eigenvalue weighted by molar-refractivity contribution is 0.380. The number of nitrogens with zero attached hydrogens (tertiary/aromatic N) is 2. The first-order valence-corrected chi connectivity index (χ1v) is 9.93. The van der Waals surface area contributed by atoms with E-state index in [1.54, 1.807) is 12.1 Å². The van der Waals surface area contributed by atoms with Crippen LogP contribution in [0.25, 0.3) is 22.3 Å². The van der Waals surface area contributed by atoms with Crippen molar-refractivity contribution in [2.24, 2.45) is 0 Å². The SMILES string of the molecule is COc1c(F)c(-c2ccc(NC(C)C)nc2)c(F)c(F)c1-c1ccc(NC(C)C)nc1. The Kier molecular flexibility index (Phi) is 6.68. The van der Waals surface area contributed by atoms with Crippen molar-refractivity contribution in [2.75, 3.05) is 17.7 Å². The highest BCUT2D eigenvalue weighted by molar-refractivity contribution is 5.78. The molecule has 5 nitrogen and oxygen atoms in total. The van der Waals surface area contributed by atoms with Crippen LogP contribution in [0.3, 0.4) is 0 Å². The maximum absolute atomic E-state index is 15.3. The van der Waals surface area contributed by atoms with Gasteiger partial charge in [0.25, 0.3) is 0 Å². The summed E-state index contributed by atoms with van der Waals surface area (Å²) in [4.78, 5) is 8.34. The number of hydrogen-bond acceptors (Lipinski definition) is 5. The molecule has 0 fully saturated rings. The molecule has 3 aromatic rings. The highest BCUT2D eigenvalue weighted by Crippen LogP contribution is 2.42. The van der Waals surface area contributed by atoms with Gasteiger partial charge < -0.3 is 15.4 Å². The molecule has 0 bridgehead atoms. The Hall–Kier alpha value is -3.29. The van der Waals surface area contributed by atoms with Crippen molar-refractivity contribution in [1.29, 1.82) is 0 Å². The summed E-state index contributed by atoms with van der Waals surface area (Å²) in [6.45, 7) is 7.77. The average molecular weight is 430 g/mol. The Balaban J connectivity index is 2.09. The van der Waals surface area contributed by atoms with Crippen molar-refractivity contribution in [3.8, 4) is 28.0 Å². The third-order valence-electron chi connectivity index (χ3n) is 4.46. The van der Waals surface area contributed by atoms with Gasteiger partial charge in [-0.15, -0.1) is 0 Å². The fraction of sp³-hybridized carbons (Fsp3) is 0.304. The minimum absolute atomic E-state index is 0.0997. The summed E-state index contributed by atoms with van der Waals surface area (Å²) in [6.07, 6.45) is 2.64. The maximum atomic E-state index is 15.3. The molecule has 2 N–H and O–H groups in total. The van der Waals surface area contributed by atoms with Gasteiger partial charge in [-0.1, -0.05) is 0 Å². The predicted octanol–water partition coefficient (Wildman–Crippen LogP) is 5.88. The van der Waals surface area contributed by atoms with Gasteiger partial charge in [0, 0.05) is 35.6 Å². The Morgan fingerprint density at radius 1 is 0.710 bits per heavy atom. The molecule has 8 heteroatoms. The smallest absolute Gasteiger partial charge is 0.176 e. The molecule has 31 heavy (non-hydrogen) atoms. The molecule has 0 aliphatic rings. The fourth-order valence-electron chi connectivity index (χ4n) is 3.19. The van der Waals surface area contributed by atoms with E-state index in [1.165, 1.54) is 31.6 Å². The highest BCUT2D eigenvalue weighted by Gasteiger charge is 2.28. The van der Waals surface area contributed by atoms with Crippen LogP contribution in [0.5, 0.6) is 5.75 Å². The van der Waals surface area contributed by atoms with Crippen molar-refractivity contribution in [1.82, 2.24) is 9.97 Å². The van der Waals surface area contributed by atoms with Crippen LogP contribution in [-0.4, -0.2) is 29.2 Å². The summed E-state index contributed by atoms with van der Waals surface area (Å²) >= 11 is 0. The van der Waals surface area contributed by atoms with Crippen LogP contribution in [0.4, 0.5) is 24.8 Å². The quantitative estimate of drug-likeness (QED) is 0.459. The van der Waals surface area contributed by atoms with Gasteiger partial charge in [-0.2, -0.15) is 0 Å². The monoisotopic (exact) mass is 430 g/mol. The van der Waals surface area contributed by atoms with Gasteiger partial charge >= 0.3 is 0 Å². The van der Waals surface area contributed by atoms with Gasteiger partial charge in [-0.05, 0) is 52.0 Å². The molecular formula is C23H25F3N4O. The molecule has 164 valence electrons. The minimum atomic E-state index is -1.32. The Bertz CT molecular complexity index is 1050. The summed E-state index contributed by atoms with van der Waals surface area (Å²) in [5.41, 5.74) is -0.561. The van der Waals surface area contributed by atoms with Gasteiger partial charge in [-0.25, -0.2) is 23.1 Å². The molecule has 0 radical (unpaired) electrons. The number of hydrogen-bond donors (Lipinski definition) is 2. The lowest BCUT2D eigenvalue weighted by atomic mass is 9.98. The molecule has 1 aromatic carbocycles. The van der Waals surface area contributed by atoms with Crippen LogP contribution >= 0.6 is 0 Å². The fourth-order valence-corrected chi connectivity index (χ4v) is 3.19. The number of rotatable bonds is 7. The van der Waals surface area contributed by atoms with E-state index in [9.17, 15) is 0 Å². The third kappa shape index (κ3) is 4.73. The summed E-state index contributed by atoms with van der Waals surface area (Å²) < 4.78 is 50.6. The number of pyridine rings is 2. The molecule has 2 heterocycles. The molecule has 3 rings (SSSR count). The number of anilines is 2. The molecular weight excluding hydrogens is 405 g/mol. The highest BCUT2D eigenvalue weighted by atomic mass is 19.2. The predicted molar refractivity (Wildman–Crippen MR) is 117 cm³/mol. The topological polar surface area (TPSA) is 59.1 Å². The van der Waals surface area contributed by atoms with Crippen molar-refractivity contribution in [3.63, 3.8) is 0 Å². The first-order chi connectivity index (χ1) is 14.7. The van der Waals surface area contributed by atoms with E-state index >= 15 is 13.2 Å². The maximum Gasteiger partial charge on any atom is 0.176 e. The minimum Gasteiger partial charge on any atom is -0.493 e. The first-order valence-electron chi connectivity index (χ1n) is 9.93. The van der Waals surface area contributed by atoms with E-state index in [4.69, 9.17) is 4.74 Å². The van der Waals surface area contributed by atoms with E-state index in [0.29, 0.717) is 11.6 Å². The van der Waals surface area contributed by atoms with Gasteiger partial charge in [0.05, 0.1) is 18.2 Å². The number of aromatic nitrogens is 2. The second-order valence-corrected chi connectivity index (χ2v) is 7.69. The second-order valence-electron chi connectivity index (χ2n) is 7.69. The van der Waals surface area contributed by atoms with Gasteiger partial charge in [0.2, 0.25) is 0 Å². The number of nitrogens with one attached hydrogen (secondary N) is 2. The number of benzene rings is 1. The molecule has 0 spiro atoms. The Labute approximate surface area is 179 Å². The lowest BCUT2D eigenvalue weighted by Gasteiger charge is -2.16. The molecule has 2 aromatic heterocycles. The molecule has 0 saturated heterocycles. The average Bonchev–Trinajstić information content (AvgIpc) is 2.72. The van der Waals surface area contributed by atoms with E-state index in [1.807, 2.05) is 27.7 Å². The van der Waals surface area contributed by atoms with Crippen molar-refractivity contribution in [3.05, 3.63) is 54.1 Å². The molecule has 0 aliphatic heterocycles. The zero-order chi connectivity index (χ0) is 22.7. The van der Waals surface area contributed by atoms with Crippen molar-refractivity contribution in [2.45, 2.75) is 39.8 Å². The van der Waals surface area contributed by atoms with Crippen molar-refractivity contribution < 1.29 is 17.9 Å². The first kappa shape index (κ1) is 22.4. The number of methoxy groups -OCH3 is 1. The summed E-state index contributed by atoms with van der Waals surface area (Å²) in [6, 6.07) is 6.49. The van der Waals surface area contributed by atoms with Gasteiger partial charge in [-0.3, -0.25) is 0 Å². The molecule has 0 atom stereocenters. The van der Waals surface area contributed by atoms with Gasteiger partial charge in [0.1, 0.15) is 11.6 Å². The largest absolute Gasteiger partial charge is 0.493 e. The summed E-state index contributed by atoms with van der Waals surface area (Å²) in [5, 5.41) is 6.18. The lowest BCUT2D eigenvalue weighted by Crippen LogP contribution is -2.11. The molecule has 0 amide bonds. The van der Waals surface area contributed by atoms with E-state index in [0.717, 1.165) is 0 Å². The van der Waals surface area contributed by atoms with E-state index < -0.39 is 28.8 Å². The standard InChI is InChI=1S/C23H25F3N4O/c1-12(2)29-16-8-6-14(10-27-16)18-20(24)21(25)19(23(31-5)22(18)26)15-7-9-17(28-11-15)30-13(3)4/h6-13H,1-5H3,(H,27,29)(H,28,30). The van der Waals surface area contributed by atoms with Crippen LogP contribution in [0.1, 0.15) is 27.7 Å². The van der Waals surface area contributed by atoms with Crippen LogP contribution in [-0.2, 0) is 0 Å². The zero-order valence-corrected chi connectivity index (χ0v) is 18.1. The number of halogens is 3. The Morgan fingerprint density at radius 3 is 1.55 bits per heavy atom. The van der Waals surface area contributed by atoms with Crippen LogP contribution in [0, 0.1) is 17.5 Å². The molecule has 0 unspecified atom stereocenters. The third-order valence-corrected chi connectivity index (χ3v) is 4.46. The Morgan fingerprint density at radius 2 is 1.16 bits per heavy atom. The summed E-state index contributed by atoms with van der Waals surface area (Å²) in [5.74, 6) is -2.83. The normalized spacial score (nSPS) is 11.2. The zero-order valence-electron chi connectivity index (χ0n) is 18.1. The van der Waals surface area contributed by atoms with Crippen LogP contribution in [0.15, 0.2) is 36.7 Å². The summed E-state index contributed by atoms with van der Waals surface area (Å²) in [7, 11) is 1.21. The number of ether oxygens (including phenoxy) is 1. The van der Waals surface area contributed by atoms with E-state index in [-0.39, 0.29) is 28.8 Å². The van der Waals surface area contributed by atoms with Crippen molar-refractivity contribution >= 4 is 11.6 Å². The van der Waals surface area contributed by atoms with Gasteiger partial charge in [0.15, 0.2) is 23.2 Å². The van der Waals surface area contributed by atoms with Crippen LogP contribution in [0.2, 0.25) is 0 Å².